The summed E-state index contributed by atoms with van der Waals surface area (Å²) < 4.78 is 7.20. The van der Waals surface area contributed by atoms with Crippen LogP contribution in [0, 0.1) is 11.3 Å². The fraction of sp³-hybridized carbons (Fsp3) is 0.426. The van der Waals surface area contributed by atoms with E-state index < -0.39 is 83.9 Å². The second-order valence-corrected chi connectivity index (χ2v) is 18.1. The summed E-state index contributed by atoms with van der Waals surface area (Å²) >= 11 is 3.44. The van der Waals surface area contributed by atoms with Crippen LogP contribution in [-0.2, 0) is 53.0 Å². The van der Waals surface area contributed by atoms with Crippen molar-refractivity contribution in [2.24, 2.45) is 0 Å². The number of ether oxygens (including phenoxy) is 1. The quantitative estimate of drug-likeness (QED) is 0.153. The molecule has 0 radical (unpaired) electrons. The maximum atomic E-state index is 14.7. The molecule has 1 saturated carbocycles. The molecular formula is C47H51BrN8O8. The molecule has 4 fully saturated rings. The summed E-state index contributed by atoms with van der Waals surface area (Å²) in [5.41, 5.74) is 1.98. The Kier molecular flexibility index (Phi) is 13.5. The van der Waals surface area contributed by atoms with Gasteiger partial charge in [-0.3, -0.25) is 28.8 Å². The molecule has 6 N–H and O–H groups in total. The lowest BCUT2D eigenvalue weighted by Crippen LogP contribution is -2.65. The first-order valence-corrected chi connectivity index (χ1v) is 22.6. The third-order valence-electron chi connectivity index (χ3n) is 13.0. The summed E-state index contributed by atoms with van der Waals surface area (Å²) in [6.45, 7) is -0.384. The van der Waals surface area contributed by atoms with Crippen molar-refractivity contribution in [3.05, 3.63) is 106 Å². The fourth-order valence-corrected chi connectivity index (χ4v) is 9.77. The zero-order valence-corrected chi connectivity index (χ0v) is 36.8. The summed E-state index contributed by atoms with van der Waals surface area (Å²) in [4.78, 5) is 93.4. The number of hydrogen-bond acceptors (Lipinski definition) is 9. The van der Waals surface area contributed by atoms with Crippen molar-refractivity contribution in [1.82, 2.24) is 36.1 Å². The van der Waals surface area contributed by atoms with E-state index in [4.69, 9.17) is 4.74 Å². The standard InChI is InChI=1S/C47H51BrN8O8/c48-32-15-13-30(14-16-32)27-64-33-22-40-43(60)51-36(20-28-9-11-29(23-49)12-10-28)42(59)54-47(17-3-4-18-47)46(63)53-37(21-31-24-50-35-7-2-1-6-34(31)35)41(58)52-38(26-57)44(61)55-19-5-8-39(55)45(62)56(40)25-33/h1-2,6-7,9-16,24,33,36-40,50,57H,3-5,8,17-22,25-27H2,(H,51,60)(H,52,58)(H,53,63)(H,54,59)/t33-,36+,37+,38+,39-,40+/m1/s1. The number of aliphatic hydroxyl groups is 1. The number of nitrogens with zero attached hydrogens (tertiary/aromatic N) is 3. The average molecular weight is 936 g/mol. The topological polar surface area (TPSA) is 226 Å². The summed E-state index contributed by atoms with van der Waals surface area (Å²) in [5.74, 6) is -3.75. The molecular weight excluding hydrogens is 884 g/mol. The molecule has 4 heterocycles. The van der Waals surface area contributed by atoms with E-state index in [1.807, 2.05) is 48.5 Å². The Morgan fingerprint density at radius 2 is 1.47 bits per heavy atom. The molecule has 0 bridgehead atoms. The number of halogens is 1. The second-order valence-electron chi connectivity index (χ2n) is 17.2. The van der Waals surface area contributed by atoms with Gasteiger partial charge in [0.15, 0.2) is 0 Å². The Bertz CT molecular complexity index is 2450. The fourth-order valence-electron chi connectivity index (χ4n) is 9.51. The number of hydrogen-bond donors (Lipinski definition) is 6. The lowest BCUT2D eigenvalue weighted by Gasteiger charge is -2.35. The van der Waals surface area contributed by atoms with Crippen molar-refractivity contribution < 1.29 is 38.6 Å². The van der Waals surface area contributed by atoms with Crippen LogP contribution in [0.4, 0.5) is 0 Å². The molecule has 334 valence electrons. The molecule has 1 aliphatic carbocycles. The summed E-state index contributed by atoms with van der Waals surface area (Å²) in [7, 11) is 0. The smallest absolute Gasteiger partial charge is 0.248 e. The van der Waals surface area contributed by atoms with Crippen LogP contribution in [0.15, 0.2) is 83.5 Å². The minimum Gasteiger partial charge on any atom is -0.394 e. The number of carbonyl (C=O) groups is 6. The number of H-pyrrole nitrogens is 1. The summed E-state index contributed by atoms with van der Waals surface area (Å²) in [5, 5.41) is 32.4. The van der Waals surface area contributed by atoms with Crippen molar-refractivity contribution in [2.45, 2.75) is 106 Å². The number of para-hydroxylation sites is 1. The van der Waals surface area contributed by atoms with E-state index in [0.717, 1.165) is 20.9 Å². The molecule has 3 saturated heterocycles. The van der Waals surface area contributed by atoms with Gasteiger partial charge in [-0.15, -0.1) is 0 Å². The van der Waals surface area contributed by atoms with Crippen LogP contribution in [-0.4, -0.2) is 117 Å². The predicted molar refractivity (Wildman–Crippen MR) is 237 cm³/mol. The molecule has 3 aliphatic heterocycles. The highest BCUT2D eigenvalue weighted by Crippen LogP contribution is 2.32. The SMILES string of the molecule is N#Cc1ccc(C[C@@H]2NC(=O)[C@@H]3C[C@@H](OCc4ccc(Br)cc4)CN3C(=O)[C@H]3CCCN3C(=O)[C@H](CO)NC(=O)[C@H](Cc3c[nH]c4ccccc34)NC(=O)C3(CCCC3)NC2=O)cc1. The molecule has 1 aromatic heterocycles. The van der Waals surface area contributed by atoms with Crippen molar-refractivity contribution in [1.29, 1.82) is 5.26 Å². The van der Waals surface area contributed by atoms with Crippen molar-refractivity contribution in [3.8, 4) is 6.07 Å². The first-order chi connectivity index (χ1) is 30.9. The van der Waals surface area contributed by atoms with Crippen LogP contribution in [0.25, 0.3) is 10.9 Å². The predicted octanol–water partition coefficient (Wildman–Crippen LogP) is 2.65. The Morgan fingerprint density at radius 1 is 0.766 bits per heavy atom. The van der Waals surface area contributed by atoms with Gasteiger partial charge in [0.25, 0.3) is 0 Å². The molecule has 16 nitrogen and oxygen atoms in total. The van der Waals surface area contributed by atoms with Crippen LogP contribution in [0.3, 0.4) is 0 Å². The Hall–Kier alpha value is -6.09. The molecule has 4 aromatic rings. The monoisotopic (exact) mass is 934 g/mol. The third-order valence-corrected chi connectivity index (χ3v) is 13.5. The average Bonchev–Trinajstić information content (AvgIpc) is 4.15. The zero-order valence-electron chi connectivity index (χ0n) is 35.2. The number of nitrogens with one attached hydrogen (secondary N) is 5. The molecule has 4 aliphatic rings. The number of aliphatic hydroxyl groups excluding tert-OH is 1. The van der Waals surface area contributed by atoms with Gasteiger partial charge in [0.2, 0.25) is 35.4 Å². The minimum absolute atomic E-state index is 0.00155. The number of aromatic nitrogens is 1. The maximum Gasteiger partial charge on any atom is 0.248 e. The van der Waals surface area contributed by atoms with Crippen LogP contribution in [0.5, 0.6) is 0 Å². The normalized spacial score (nSPS) is 25.5. The Labute approximate surface area is 378 Å². The summed E-state index contributed by atoms with van der Waals surface area (Å²) in [6, 6.07) is 17.7. The van der Waals surface area contributed by atoms with Crippen molar-refractivity contribution in [2.75, 3.05) is 19.7 Å². The number of fused-ring (bicyclic) bond motifs is 3. The zero-order chi connectivity index (χ0) is 45.0. The molecule has 1 spiro atoms. The van der Waals surface area contributed by atoms with E-state index in [-0.39, 0.29) is 58.2 Å². The van der Waals surface area contributed by atoms with E-state index in [2.05, 4.69) is 48.3 Å². The molecule has 17 heteroatoms. The van der Waals surface area contributed by atoms with Gasteiger partial charge in [0.05, 0.1) is 31.0 Å². The Morgan fingerprint density at radius 3 is 2.20 bits per heavy atom. The second kappa shape index (κ2) is 19.3. The van der Waals surface area contributed by atoms with Gasteiger partial charge in [-0.2, -0.15) is 5.26 Å². The highest BCUT2D eigenvalue weighted by Gasteiger charge is 2.49. The van der Waals surface area contributed by atoms with Crippen molar-refractivity contribution >= 4 is 62.3 Å². The molecule has 6 atom stereocenters. The van der Waals surface area contributed by atoms with Gasteiger partial charge in [-0.05, 0) is 72.7 Å². The first-order valence-electron chi connectivity index (χ1n) is 21.8. The van der Waals surface area contributed by atoms with Gasteiger partial charge < -0.3 is 45.9 Å². The minimum atomic E-state index is -1.47. The van der Waals surface area contributed by atoms with Crippen LogP contribution in [0.1, 0.15) is 67.2 Å². The first kappa shape index (κ1) is 44.5. The van der Waals surface area contributed by atoms with Gasteiger partial charge in [0, 0.05) is 53.9 Å². The third kappa shape index (κ3) is 9.54. The van der Waals surface area contributed by atoms with Gasteiger partial charge in [-0.25, -0.2) is 0 Å². The van der Waals surface area contributed by atoms with Gasteiger partial charge in [-0.1, -0.05) is 71.2 Å². The maximum absolute atomic E-state index is 14.7. The number of benzene rings is 3. The summed E-state index contributed by atoms with van der Waals surface area (Å²) in [6.07, 6.45) is 3.67. The largest absolute Gasteiger partial charge is 0.394 e. The molecule has 64 heavy (non-hydrogen) atoms. The highest BCUT2D eigenvalue weighted by molar-refractivity contribution is 9.10. The Balaban J connectivity index is 1.16. The van der Waals surface area contributed by atoms with E-state index in [1.165, 1.54) is 9.80 Å². The molecule has 8 rings (SSSR count). The highest BCUT2D eigenvalue weighted by atomic mass is 79.9. The van der Waals surface area contributed by atoms with Crippen molar-refractivity contribution in [3.63, 3.8) is 0 Å². The van der Waals surface area contributed by atoms with Crippen LogP contribution >= 0.6 is 15.9 Å². The molecule has 6 amide bonds. The van der Waals surface area contributed by atoms with E-state index in [9.17, 15) is 39.1 Å². The number of nitriles is 1. The van der Waals surface area contributed by atoms with Crippen LogP contribution in [0.2, 0.25) is 0 Å². The molecule has 3 aromatic carbocycles. The van der Waals surface area contributed by atoms with Gasteiger partial charge >= 0.3 is 0 Å². The lowest BCUT2D eigenvalue weighted by molar-refractivity contribution is -0.149. The lowest BCUT2D eigenvalue weighted by atomic mass is 9.93. The number of amides is 6. The van der Waals surface area contributed by atoms with E-state index in [1.54, 1.807) is 30.5 Å². The number of carbonyl (C=O) groups excluding carboxylic acids is 6. The van der Waals surface area contributed by atoms with E-state index >= 15 is 0 Å². The van der Waals surface area contributed by atoms with Crippen LogP contribution < -0.4 is 21.3 Å². The molecule has 0 unspecified atom stereocenters. The number of rotatable bonds is 8. The van der Waals surface area contributed by atoms with Gasteiger partial charge in [0.1, 0.15) is 35.7 Å². The number of aromatic amines is 1. The van der Waals surface area contributed by atoms with E-state index in [0.29, 0.717) is 36.0 Å².